The Labute approximate surface area is 180 Å². The van der Waals surface area contributed by atoms with E-state index in [0.29, 0.717) is 6.54 Å². The van der Waals surface area contributed by atoms with Crippen molar-refractivity contribution in [1.29, 1.82) is 0 Å². The van der Waals surface area contributed by atoms with Gasteiger partial charge in [-0.1, -0.05) is 29.8 Å². The Morgan fingerprint density at radius 2 is 2.11 bits per heavy atom. The van der Waals surface area contributed by atoms with Crippen LogP contribution in [0.15, 0.2) is 29.3 Å². The molecule has 0 saturated carbocycles. The lowest BCUT2D eigenvalue weighted by atomic mass is 10.1. The molecule has 7 heteroatoms. The smallest absolute Gasteiger partial charge is 0.407 e. The molecule has 1 amide bonds. The number of benzene rings is 1. The molecular formula is C20H33IN4O2. The van der Waals surface area contributed by atoms with Gasteiger partial charge in [0.15, 0.2) is 5.96 Å². The number of amides is 1. The number of likely N-dealkylation sites (tertiary alicyclic amines) is 1. The van der Waals surface area contributed by atoms with Gasteiger partial charge in [-0.25, -0.2) is 9.79 Å². The van der Waals surface area contributed by atoms with Crippen LogP contribution in [0.4, 0.5) is 4.79 Å². The van der Waals surface area contributed by atoms with Gasteiger partial charge in [-0.3, -0.25) is 0 Å². The van der Waals surface area contributed by atoms with E-state index in [1.165, 1.54) is 11.1 Å². The Hall–Kier alpha value is -1.51. The summed E-state index contributed by atoms with van der Waals surface area (Å²) in [7, 11) is 0. The lowest BCUT2D eigenvalue weighted by Gasteiger charge is -2.23. The molecule has 0 aliphatic carbocycles. The molecule has 152 valence electrons. The van der Waals surface area contributed by atoms with Crippen molar-refractivity contribution in [1.82, 2.24) is 15.5 Å². The summed E-state index contributed by atoms with van der Waals surface area (Å²) >= 11 is 0. The molecule has 2 N–H and O–H groups in total. The number of guanidine groups is 1. The van der Waals surface area contributed by atoms with E-state index >= 15 is 0 Å². The highest BCUT2D eigenvalue weighted by Crippen LogP contribution is 2.13. The Bertz CT molecular complexity index is 643. The molecule has 1 atom stereocenters. The third-order valence-corrected chi connectivity index (χ3v) is 4.04. The first kappa shape index (κ1) is 23.5. The second-order valence-corrected chi connectivity index (χ2v) is 7.74. The van der Waals surface area contributed by atoms with Crippen LogP contribution in [-0.4, -0.2) is 48.2 Å². The van der Waals surface area contributed by atoms with Crippen molar-refractivity contribution < 1.29 is 9.53 Å². The zero-order valence-electron chi connectivity index (χ0n) is 17.0. The molecular weight excluding hydrogens is 455 g/mol. The first-order chi connectivity index (χ1) is 12.3. The number of nitrogens with one attached hydrogen (secondary N) is 2. The van der Waals surface area contributed by atoms with Crippen molar-refractivity contribution in [2.24, 2.45) is 4.99 Å². The number of rotatable bonds is 4. The first-order valence-corrected chi connectivity index (χ1v) is 9.35. The van der Waals surface area contributed by atoms with E-state index < -0.39 is 5.60 Å². The number of carbonyl (C=O) groups is 1. The minimum atomic E-state index is -0.480. The highest BCUT2D eigenvalue weighted by atomic mass is 127. The van der Waals surface area contributed by atoms with Gasteiger partial charge in [0.05, 0.1) is 12.6 Å². The van der Waals surface area contributed by atoms with Crippen LogP contribution in [0.2, 0.25) is 0 Å². The van der Waals surface area contributed by atoms with Crippen molar-refractivity contribution in [3.8, 4) is 0 Å². The van der Waals surface area contributed by atoms with E-state index in [-0.39, 0.29) is 36.1 Å². The van der Waals surface area contributed by atoms with Crippen molar-refractivity contribution in [3.63, 3.8) is 0 Å². The fourth-order valence-corrected chi connectivity index (χ4v) is 2.95. The van der Waals surface area contributed by atoms with Gasteiger partial charge < -0.3 is 20.3 Å². The zero-order chi connectivity index (χ0) is 19.2. The number of aryl methyl sites for hydroxylation is 1. The maximum absolute atomic E-state index is 12.0. The fourth-order valence-electron chi connectivity index (χ4n) is 2.95. The molecule has 1 aliphatic heterocycles. The molecule has 6 nitrogen and oxygen atoms in total. The van der Waals surface area contributed by atoms with E-state index in [9.17, 15) is 4.79 Å². The maximum atomic E-state index is 12.0. The first-order valence-electron chi connectivity index (χ1n) is 9.35. The van der Waals surface area contributed by atoms with E-state index in [4.69, 9.17) is 9.73 Å². The molecule has 1 aromatic carbocycles. The highest BCUT2D eigenvalue weighted by Gasteiger charge is 2.27. The molecule has 0 aromatic heterocycles. The summed E-state index contributed by atoms with van der Waals surface area (Å²) in [6.45, 7) is 12.8. The third-order valence-electron chi connectivity index (χ3n) is 4.04. The fraction of sp³-hybridized carbons (Fsp3) is 0.600. The zero-order valence-corrected chi connectivity index (χ0v) is 19.4. The molecule has 1 unspecified atom stereocenters. The monoisotopic (exact) mass is 488 g/mol. The molecule has 1 saturated heterocycles. The van der Waals surface area contributed by atoms with Gasteiger partial charge in [0.25, 0.3) is 0 Å². The summed E-state index contributed by atoms with van der Waals surface area (Å²) in [4.78, 5) is 18.9. The van der Waals surface area contributed by atoms with Gasteiger partial charge in [-0.05, 0) is 46.6 Å². The molecule has 27 heavy (non-hydrogen) atoms. The van der Waals surface area contributed by atoms with Crippen molar-refractivity contribution >= 4 is 36.0 Å². The molecule has 2 rings (SSSR count). The van der Waals surface area contributed by atoms with E-state index in [0.717, 1.165) is 32.0 Å². The van der Waals surface area contributed by atoms with E-state index in [1.54, 1.807) is 0 Å². The van der Waals surface area contributed by atoms with Gasteiger partial charge in [-0.2, -0.15) is 0 Å². The summed E-state index contributed by atoms with van der Waals surface area (Å²) in [5.41, 5.74) is 1.96. The van der Waals surface area contributed by atoms with Crippen LogP contribution >= 0.6 is 24.0 Å². The van der Waals surface area contributed by atoms with Crippen LogP contribution in [0.5, 0.6) is 0 Å². The van der Waals surface area contributed by atoms with Gasteiger partial charge in [0.1, 0.15) is 5.60 Å². The summed E-state index contributed by atoms with van der Waals surface area (Å²) in [5, 5.41) is 6.31. The lowest BCUT2D eigenvalue weighted by molar-refractivity contribution is 0.0507. The highest BCUT2D eigenvalue weighted by molar-refractivity contribution is 14.0. The van der Waals surface area contributed by atoms with Crippen molar-refractivity contribution in [3.05, 3.63) is 35.4 Å². The van der Waals surface area contributed by atoms with Crippen LogP contribution in [0, 0.1) is 6.92 Å². The van der Waals surface area contributed by atoms with Gasteiger partial charge in [0, 0.05) is 19.6 Å². The molecule has 1 aromatic rings. The molecule has 1 aliphatic rings. The predicted octanol–water partition coefficient (Wildman–Crippen LogP) is 3.68. The molecule has 1 fully saturated rings. The second-order valence-electron chi connectivity index (χ2n) is 7.74. The Morgan fingerprint density at radius 3 is 2.74 bits per heavy atom. The summed E-state index contributed by atoms with van der Waals surface area (Å²) in [6.07, 6.45) is 0.528. The number of nitrogens with zero attached hydrogens (tertiary/aromatic N) is 2. The Kier molecular flexibility index (Phi) is 9.35. The number of halogens is 1. The SMILES string of the molecule is CCNC(=NCc1cccc(C)c1)N1CCC(NC(=O)OC(C)(C)C)C1.I. The standard InChI is InChI=1S/C20H32N4O2.HI/c1-6-21-18(22-13-16-9-7-8-15(2)12-16)24-11-10-17(14-24)23-19(25)26-20(3,4)5;/h7-9,12,17H,6,10-11,13-14H2,1-5H3,(H,21,22)(H,23,25);1H. The van der Waals surface area contributed by atoms with Crippen LogP contribution in [0.1, 0.15) is 45.2 Å². The predicted molar refractivity (Wildman–Crippen MR) is 121 cm³/mol. The number of hydrogen-bond acceptors (Lipinski definition) is 3. The lowest BCUT2D eigenvalue weighted by Crippen LogP contribution is -2.44. The largest absolute Gasteiger partial charge is 0.444 e. The van der Waals surface area contributed by atoms with Crippen molar-refractivity contribution in [2.45, 2.75) is 59.2 Å². The van der Waals surface area contributed by atoms with Crippen LogP contribution < -0.4 is 10.6 Å². The quantitative estimate of drug-likeness (QED) is 0.386. The van der Waals surface area contributed by atoms with Gasteiger partial charge >= 0.3 is 6.09 Å². The third kappa shape index (κ3) is 8.36. The number of aliphatic imine (C=N–C) groups is 1. The van der Waals surface area contributed by atoms with E-state index in [1.807, 2.05) is 20.8 Å². The van der Waals surface area contributed by atoms with Crippen LogP contribution in [0.25, 0.3) is 0 Å². The molecule has 0 spiro atoms. The average molecular weight is 488 g/mol. The molecule has 0 bridgehead atoms. The van der Waals surface area contributed by atoms with Gasteiger partial charge in [-0.15, -0.1) is 24.0 Å². The minimum Gasteiger partial charge on any atom is -0.444 e. The van der Waals surface area contributed by atoms with Crippen molar-refractivity contribution in [2.75, 3.05) is 19.6 Å². The number of hydrogen-bond donors (Lipinski definition) is 2. The average Bonchev–Trinajstić information content (AvgIpc) is 2.97. The Balaban J connectivity index is 0.00000364. The van der Waals surface area contributed by atoms with Crippen LogP contribution in [-0.2, 0) is 11.3 Å². The topological polar surface area (TPSA) is 66.0 Å². The number of alkyl carbamates (subject to hydrolysis) is 1. The summed E-state index contributed by atoms with van der Waals surface area (Å²) < 4.78 is 5.34. The Morgan fingerprint density at radius 1 is 1.37 bits per heavy atom. The summed E-state index contributed by atoms with van der Waals surface area (Å²) in [5.74, 6) is 0.891. The normalized spacial score (nSPS) is 17.3. The second kappa shape index (κ2) is 10.7. The number of carbonyl (C=O) groups excluding carboxylic acids is 1. The van der Waals surface area contributed by atoms with Crippen LogP contribution in [0.3, 0.4) is 0 Å². The summed E-state index contributed by atoms with van der Waals surface area (Å²) in [6, 6.07) is 8.48. The molecule has 1 heterocycles. The van der Waals surface area contributed by atoms with Gasteiger partial charge in [0.2, 0.25) is 0 Å². The minimum absolute atomic E-state index is 0. The maximum Gasteiger partial charge on any atom is 0.407 e. The van der Waals surface area contributed by atoms with E-state index in [2.05, 4.69) is 53.6 Å². The number of ether oxygens (including phenoxy) is 1. The molecule has 0 radical (unpaired) electrons.